The zero-order chi connectivity index (χ0) is 18.7. The lowest BCUT2D eigenvalue weighted by Crippen LogP contribution is -2.13. The van der Waals surface area contributed by atoms with Crippen molar-refractivity contribution in [3.05, 3.63) is 70.7 Å². The Morgan fingerprint density at radius 3 is 2.35 bits per heavy atom. The highest BCUT2D eigenvalue weighted by atomic mass is 35.5. The molecule has 0 aliphatic heterocycles. The molecule has 1 N–H and O–H groups in total. The lowest BCUT2D eigenvalue weighted by molar-refractivity contribution is 0.411. The Kier molecular flexibility index (Phi) is 5.26. The van der Waals surface area contributed by atoms with Crippen molar-refractivity contribution in [1.82, 2.24) is 9.97 Å². The van der Waals surface area contributed by atoms with Crippen LogP contribution in [0.25, 0.3) is 0 Å². The molecular formula is C16H10Cl2FN3O3S. The molecule has 1 heterocycles. The number of nitrogens with zero attached hydrogens (tertiary/aromatic N) is 2. The summed E-state index contributed by atoms with van der Waals surface area (Å²) in [5, 5.41) is 0.350. The number of benzene rings is 2. The molecule has 3 aromatic rings. The Morgan fingerprint density at radius 1 is 1.00 bits per heavy atom. The number of rotatable bonds is 5. The third-order valence-electron chi connectivity index (χ3n) is 3.12. The number of nitrogens with one attached hydrogen (secondary N) is 1. The number of hydrogen-bond acceptors (Lipinski definition) is 5. The lowest BCUT2D eigenvalue weighted by Gasteiger charge is -2.09. The summed E-state index contributed by atoms with van der Waals surface area (Å²) in [7, 11) is -3.90. The zero-order valence-corrected chi connectivity index (χ0v) is 15.2. The highest BCUT2D eigenvalue weighted by molar-refractivity contribution is 7.92. The minimum absolute atomic E-state index is 0.0448. The maximum atomic E-state index is 13.5. The maximum absolute atomic E-state index is 13.5. The second kappa shape index (κ2) is 7.45. The van der Waals surface area contributed by atoms with Gasteiger partial charge in [-0.3, -0.25) is 4.72 Å². The fraction of sp³-hybridized carbons (Fsp3) is 0. The van der Waals surface area contributed by atoms with Crippen molar-refractivity contribution in [2.75, 3.05) is 4.72 Å². The fourth-order valence-corrected chi connectivity index (χ4v) is 3.32. The van der Waals surface area contributed by atoms with Gasteiger partial charge in [-0.15, -0.1) is 0 Å². The first-order chi connectivity index (χ1) is 12.3. The van der Waals surface area contributed by atoms with Gasteiger partial charge in [-0.05, 0) is 30.3 Å². The molecule has 1 aromatic heterocycles. The predicted molar refractivity (Wildman–Crippen MR) is 95.8 cm³/mol. The molecule has 26 heavy (non-hydrogen) atoms. The number of para-hydroxylation sites is 1. The van der Waals surface area contributed by atoms with E-state index in [1.807, 2.05) is 0 Å². The molecule has 0 saturated carbocycles. The average molecular weight is 414 g/mol. The summed E-state index contributed by atoms with van der Waals surface area (Å²) in [4.78, 5) is 7.63. The lowest BCUT2D eigenvalue weighted by atomic mass is 10.3. The van der Waals surface area contributed by atoms with Gasteiger partial charge in [0.15, 0.2) is 11.6 Å². The number of ether oxygens (including phenoxy) is 1. The van der Waals surface area contributed by atoms with Crippen molar-refractivity contribution in [2.45, 2.75) is 4.90 Å². The minimum atomic E-state index is -3.90. The van der Waals surface area contributed by atoms with Gasteiger partial charge < -0.3 is 4.74 Å². The molecule has 0 amide bonds. The molecule has 0 radical (unpaired) electrons. The van der Waals surface area contributed by atoms with Crippen molar-refractivity contribution >= 4 is 38.9 Å². The molecule has 6 nitrogen and oxygen atoms in total. The molecule has 2 aromatic carbocycles. The standard InChI is InChI=1S/C16H10Cl2FN3O3S/c17-12-6-5-11(7-13(12)18)26(23,24)22-10-8-20-16(21-9-10)25-15-4-2-1-3-14(15)19/h1-9,22H. The summed E-state index contributed by atoms with van der Waals surface area (Å²) in [6.45, 7) is 0. The Balaban J connectivity index is 1.76. The van der Waals surface area contributed by atoms with E-state index >= 15 is 0 Å². The monoisotopic (exact) mass is 413 g/mol. The van der Waals surface area contributed by atoms with E-state index in [-0.39, 0.29) is 32.4 Å². The smallest absolute Gasteiger partial charge is 0.322 e. The number of aromatic nitrogens is 2. The van der Waals surface area contributed by atoms with Crippen molar-refractivity contribution in [2.24, 2.45) is 0 Å². The second-order valence-electron chi connectivity index (χ2n) is 4.97. The number of anilines is 1. The number of halogens is 3. The van der Waals surface area contributed by atoms with Gasteiger partial charge in [-0.1, -0.05) is 35.3 Å². The molecule has 0 spiro atoms. The number of hydrogen-bond donors (Lipinski definition) is 1. The van der Waals surface area contributed by atoms with Gasteiger partial charge in [0, 0.05) is 0 Å². The average Bonchev–Trinajstić information content (AvgIpc) is 2.60. The summed E-state index contributed by atoms with van der Waals surface area (Å²) < 4.78 is 45.7. The second-order valence-corrected chi connectivity index (χ2v) is 7.47. The van der Waals surface area contributed by atoms with Gasteiger partial charge in [-0.2, -0.15) is 0 Å². The van der Waals surface area contributed by atoms with Crippen molar-refractivity contribution in [3.8, 4) is 11.8 Å². The van der Waals surface area contributed by atoms with Crippen LogP contribution in [0.1, 0.15) is 0 Å². The van der Waals surface area contributed by atoms with Crippen LogP contribution in [0, 0.1) is 5.82 Å². The Morgan fingerprint density at radius 2 is 1.69 bits per heavy atom. The number of sulfonamides is 1. The Hall–Kier alpha value is -2.42. The molecular weight excluding hydrogens is 404 g/mol. The predicted octanol–water partition coefficient (Wildman–Crippen LogP) is 4.52. The molecule has 0 unspecified atom stereocenters. The Labute approximate surface area is 158 Å². The van der Waals surface area contributed by atoms with E-state index < -0.39 is 15.8 Å². The molecule has 3 rings (SSSR count). The van der Waals surface area contributed by atoms with Crippen LogP contribution in [0.5, 0.6) is 11.8 Å². The van der Waals surface area contributed by atoms with Crippen LogP contribution in [0.2, 0.25) is 10.0 Å². The normalized spacial score (nSPS) is 11.2. The van der Waals surface area contributed by atoms with Crippen LogP contribution < -0.4 is 9.46 Å². The first-order valence-corrected chi connectivity index (χ1v) is 9.31. The topological polar surface area (TPSA) is 81.2 Å². The van der Waals surface area contributed by atoms with Gasteiger partial charge in [0.05, 0.1) is 33.0 Å². The fourth-order valence-electron chi connectivity index (χ4n) is 1.91. The largest absolute Gasteiger partial charge is 0.421 e. The first-order valence-electron chi connectivity index (χ1n) is 7.07. The van der Waals surface area contributed by atoms with Crippen LogP contribution >= 0.6 is 23.2 Å². The van der Waals surface area contributed by atoms with Crippen LogP contribution in [0.3, 0.4) is 0 Å². The quantitative estimate of drug-likeness (QED) is 0.664. The zero-order valence-electron chi connectivity index (χ0n) is 12.9. The molecule has 10 heteroatoms. The highest BCUT2D eigenvalue weighted by Crippen LogP contribution is 2.26. The van der Waals surface area contributed by atoms with Crippen LogP contribution in [0.4, 0.5) is 10.1 Å². The summed E-state index contributed by atoms with van der Waals surface area (Å²) >= 11 is 11.6. The van der Waals surface area contributed by atoms with Gasteiger partial charge in [-0.25, -0.2) is 22.8 Å². The van der Waals surface area contributed by atoms with Crippen LogP contribution in [0.15, 0.2) is 59.8 Å². The van der Waals surface area contributed by atoms with Crippen molar-refractivity contribution in [1.29, 1.82) is 0 Å². The van der Waals surface area contributed by atoms with E-state index in [2.05, 4.69) is 14.7 Å². The highest BCUT2D eigenvalue weighted by Gasteiger charge is 2.16. The molecule has 0 aliphatic rings. The van der Waals surface area contributed by atoms with Crippen molar-refractivity contribution in [3.63, 3.8) is 0 Å². The van der Waals surface area contributed by atoms with Gasteiger partial charge in [0.1, 0.15) is 0 Å². The summed E-state index contributed by atoms with van der Waals surface area (Å²) in [6.07, 6.45) is 2.39. The van der Waals surface area contributed by atoms with Crippen molar-refractivity contribution < 1.29 is 17.5 Å². The van der Waals surface area contributed by atoms with Crippen LogP contribution in [-0.2, 0) is 10.0 Å². The van der Waals surface area contributed by atoms with E-state index in [1.54, 1.807) is 6.07 Å². The molecule has 134 valence electrons. The first kappa shape index (κ1) is 18.4. The summed E-state index contributed by atoms with van der Waals surface area (Å²) in [5.41, 5.74) is 0.0944. The molecule has 0 atom stereocenters. The summed E-state index contributed by atoms with van der Waals surface area (Å²) in [6, 6.07) is 9.54. The molecule has 0 bridgehead atoms. The SMILES string of the molecule is O=S(=O)(Nc1cnc(Oc2ccccc2F)nc1)c1ccc(Cl)c(Cl)c1. The van der Waals surface area contributed by atoms with Crippen LogP contribution in [-0.4, -0.2) is 18.4 Å². The summed E-state index contributed by atoms with van der Waals surface area (Å²) in [5.74, 6) is -0.614. The minimum Gasteiger partial charge on any atom is -0.421 e. The maximum Gasteiger partial charge on any atom is 0.322 e. The van der Waals surface area contributed by atoms with E-state index in [9.17, 15) is 12.8 Å². The van der Waals surface area contributed by atoms with Gasteiger partial charge in [0.2, 0.25) is 0 Å². The van der Waals surface area contributed by atoms with E-state index in [4.69, 9.17) is 27.9 Å². The third-order valence-corrected chi connectivity index (χ3v) is 5.24. The molecule has 0 fully saturated rings. The molecule has 0 saturated heterocycles. The van der Waals surface area contributed by atoms with Gasteiger partial charge in [0.25, 0.3) is 10.0 Å². The van der Waals surface area contributed by atoms with E-state index in [0.29, 0.717) is 0 Å². The Bertz CT molecular complexity index is 1050. The van der Waals surface area contributed by atoms with E-state index in [0.717, 1.165) is 0 Å². The molecule has 0 aliphatic carbocycles. The van der Waals surface area contributed by atoms with E-state index in [1.165, 1.54) is 48.8 Å². The third kappa shape index (κ3) is 4.21. The van der Waals surface area contributed by atoms with Gasteiger partial charge >= 0.3 is 6.01 Å².